The van der Waals surface area contributed by atoms with E-state index in [1.807, 2.05) is 12.1 Å². The van der Waals surface area contributed by atoms with Gasteiger partial charge in [-0.3, -0.25) is 0 Å². The van der Waals surface area contributed by atoms with Crippen LogP contribution in [0.25, 0.3) is 0 Å². The van der Waals surface area contributed by atoms with Crippen molar-refractivity contribution < 1.29 is 10.0 Å². The molecule has 1 saturated heterocycles. The van der Waals surface area contributed by atoms with Crippen molar-refractivity contribution in [3.05, 3.63) is 29.3 Å². The molecule has 1 aromatic carbocycles. The lowest BCUT2D eigenvalue weighted by Crippen LogP contribution is -2.32. The van der Waals surface area contributed by atoms with E-state index in [9.17, 15) is 0 Å². The largest absolute Gasteiger partial charge is 0.451 e. The van der Waals surface area contributed by atoms with Crippen LogP contribution in [0.1, 0.15) is 25.7 Å². The molecule has 0 saturated carbocycles. The van der Waals surface area contributed by atoms with E-state index >= 15 is 0 Å². The van der Waals surface area contributed by atoms with Crippen molar-refractivity contribution in [3.8, 4) is 0 Å². The fourth-order valence-corrected chi connectivity index (χ4v) is 3.09. The van der Waals surface area contributed by atoms with Gasteiger partial charge in [-0.1, -0.05) is 24.4 Å². The monoisotopic (exact) mass is 310 g/mol. The summed E-state index contributed by atoms with van der Waals surface area (Å²) < 4.78 is 0. The third-order valence-corrected chi connectivity index (χ3v) is 4.52. The summed E-state index contributed by atoms with van der Waals surface area (Å²) in [6, 6.07) is 8.14. The van der Waals surface area contributed by atoms with Crippen molar-refractivity contribution in [3.63, 3.8) is 0 Å². The highest BCUT2D eigenvalue weighted by molar-refractivity contribution is 6.40. The Bertz CT molecular complexity index is 430. The molecule has 116 valence electrons. The number of nitrogens with zero attached hydrogens (tertiary/aromatic N) is 1. The number of rotatable bonds is 7. The normalized spacial score (nSPS) is 19.8. The second-order valence-corrected chi connectivity index (χ2v) is 6.34. The van der Waals surface area contributed by atoms with Crippen molar-refractivity contribution in [2.45, 2.75) is 38.0 Å². The van der Waals surface area contributed by atoms with Gasteiger partial charge < -0.3 is 20.7 Å². The fraction of sp³-hybridized carbons (Fsp3) is 0.600. The van der Waals surface area contributed by atoms with E-state index in [0.717, 1.165) is 43.8 Å². The molecule has 0 bridgehead atoms. The molecule has 1 aliphatic heterocycles. The molecule has 0 radical (unpaired) electrons. The van der Waals surface area contributed by atoms with Crippen molar-refractivity contribution in [1.82, 2.24) is 0 Å². The summed E-state index contributed by atoms with van der Waals surface area (Å²) in [5.41, 5.74) is 7.49. The van der Waals surface area contributed by atoms with Crippen LogP contribution in [0.3, 0.4) is 0 Å². The zero-order chi connectivity index (χ0) is 15.2. The van der Waals surface area contributed by atoms with Gasteiger partial charge in [0.15, 0.2) is 0 Å². The molecule has 6 heteroatoms. The molecule has 0 aliphatic carbocycles. The molecular formula is C15H24BClN2O2. The second-order valence-electron chi connectivity index (χ2n) is 5.90. The standard InChI is InChI=1S/C15H24BClN2O2/c17-13-4-6-14(7-5-13)19-10-8-12(11-19)15(18)3-1-2-9-16(20)21/h4-7,12,15,20-21H,1-3,8-11,18H2/t12-,15?/m0/s1. The molecule has 1 unspecified atom stereocenters. The first-order valence-electron chi connectivity index (χ1n) is 7.68. The van der Waals surface area contributed by atoms with Gasteiger partial charge in [-0.25, -0.2) is 0 Å². The number of benzene rings is 1. The molecule has 1 aromatic rings. The molecular weight excluding hydrogens is 286 g/mol. The van der Waals surface area contributed by atoms with E-state index in [2.05, 4.69) is 17.0 Å². The zero-order valence-corrected chi connectivity index (χ0v) is 13.0. The maximum atomic E-state index is 8.82. The van der Waals surface area contributed by atoms with Crippen molar-refractivity contribution in [2.24, 2.45) is 11.7 Å². The Morgan fingerprint density at radius 1 is 1.29 bits per heavy atom. The van der Waals surface area contributed by atoms with Gasteiger partial charge in [0.05, 0.1) is 0 Å². The van der Waals surface area contributed by atoms with Crippen LogP contribution in [0.4, 0.5) is 5.69 Å². The Labute approximate surface area is 132 Å². The highest BCUT2D eigenvalue weighted by Crippen LogP contribution is 2.27. The lowest BCUT2D eigenvalue weighted by atomic mass is 9.82. The average Bonchev–Trinajstić information content (AvgIpc) is 2.94. The highest BCUT2D eigenvalue weighted by Gasteiger charge is 2.27. The maximum Gasteiger partial charge on any atom is 0.451 e. The van der Waals surface area contributed by atoms with E-state index in [-0.39, 0.29) is 6.04 Å². The average molecular weight is 311 g/mol. The van der Waals surface area contributed by atoms with Crippen LogP contribution < -0.4 is 10.6 Å². The summed E-state index contributed by atoms with van der Waals surface area (Å²) in [6.45, 7) is 2.03. The number of hydrogen-bond donors (Lipinski definition) is 3. The van der Waals surface area contributed by atoms with E-state index < -0.39 is 7.12 Å². The van der Waals surface area contributed by atoms with Gasteiger partial charge in [-0.05, 0) is 49.3 Å². The Balaban J connectivity index is 1.75. The molecule has 1 fully saturated rings. The van der Waals surface area contributed by atoms with Crippen LogP contribution in [-0.2, 0) is 0 Å². The number of halogens is 1. The smallest absolute Gasteiger partial charge is 0.427 e. The van der Waals surface area contributed by atoms with Crippen molar-refractivity contribution >= 4 is 24.4 Å². The minimum atomic E-state index is -1.19. The molecule has 1 aliphatic rings. The summed E-state index contributed by atoms with van der Waals surface area (Å²) in [5, 5.41) is 18.4. The van der Waals surface area contributed by atoms with Gasteiger partial charge in [0.25, 0.3) is 0 Å². The van der Waals surface area contributed by atoms with Crippen LogP contribution in [0, 0.1) is 5.92 Å². The highest BCUT2D eigenvalue weighted by atomic mass is 35.5. The minimum Gasteiger partial charge on any atom is -0.427 e. The molecule has 0 spiro atoms. The quantitative estimate of drug-likeness (QED) is 0.533. The minimum absolute atomic E-state index is 0.193. The number of hydrogen-bond acceptors (Lipinski definition) is 4. The van der Waals surface area contributed by atoms with Crippen LogP contribution in [0.15, 0.2) is 24.3 Å². The topological polar surface area (TPSA) is 69.7 Å². The number of unbranched alkanes of at least 4 members (excludes halogenated alkanes) is 1. The predicted molar refractivity (Wildman–Crippen MR) is 88.6 cm³/mol. The van der Waals surface area contributed by atoms with Crippen molar-refractivity contribution in [2.75, 3.05) is 18.0 Å². The molecule has 0 aromatic heterocycles. The van der Waals surface area contributed by atoms with Gasteiger partial charge in [0.2, 0.25) is 0 Å². The number of anilines is 1. The van der Waals surface area contributed by atoms with Crippen LogP contribution >= 0.6 is 11.6 Å². The molecule has 2 atom stereocenters. The third-order valence-electron chi connectivity index (χ3n) is 4.27. The van der Waals surface area contributed by atoms with E-state index in [0.29, 0.717) is 12.2 Å². The lowest BCUT2D eigenvalue weighted by Gasteiger charge is -2.22. The predicted octanol–water partition coefficient (Wildman–Crippen LogP) is 2.14. The molecule has 1 heterocycles. The first-order valence-corrected chi connectivity index (χ1v) is 8.06. The summed E-state index contributed by atoms with van der Waals surface area (Å²) in [7, 11) is -1.19. The Kier molecular flexibility index (Phi) is 6.36. The zero-order valence-electron chi connectivity index (χ0n) is 12.3. The van der Waals surface area contributed by atoms with Crippen LogP contribution in [0.2, 0.25) is 11.3 Å². The lowest BCUT2D eigenvalue weighted by molar-refractivity contribution is 0.393. The van der Waals surface area contributed by atoms with Gasteiger partial charge in [0.1, 0.15) is 0 Å². The van der Waals surface area contributed by atoms with Gasteiger partial charge in [-0.15, -0.1) is 0 Å². The second kappa shape index (κ2) is 8.04. The SMILES string of the molecule is NC(CCCCB(O)O)[C@H]1CCN(c2ccc(Cl)cc2)C1. The van der Waals surface area contributed by atoms with Crippen LogP contribution in [0.5, 0.6) is 0 Å². The summed E-state index contributed by atoms with van der Waals surface area (Å²) in [4.78, 5) is 2.36. The van der Waals surface area contributed by atoms with Gasteiger partial charge >= 0.3 is 7.12 Å². The third kappa shape index (κ3) is 5.18. The Hall–Kier alpha value is -0.745. The summed E-state index contributed by atoms with van der Waals surface area (Å²) >= 11 is 5.92. The van der Waals surface area contributed by atoms with E-state index in [1.54, 1.807) is 0 Å². The molecule has 4 N–H and O–H groups in total. The number of nitrogens with two attached hydrogens (primary N) is 1. The van der Waals surface area contributed by atoms with E-state index in [1.165, 1.54) is 5.69 Å². The molecule has 21 heavy (non-hydrogen) atoms. The first kappa shape index (κ1) is 16.6. The summed E-state index contributed by atoms with van der Waals surface area (Å²) in [5.74, 6) is 0.514. The van der Waals surface area contributed by atoms with E-state index in [4.69, 9.17) is 27.4 Å². The first-order chi connectivity index (χ1) is 10.1. The maximum absolute atomic E-state index is 8.82. The molecule has 4 nitrogen and oxygen atoms in total. The summed E-state index contributed by atoms with van der Waals surface area (Å²) in [6.07, 6.45) is 4.28. The van der Waals surface area contributed by atoms with Gasteiger partial charge in [-0.2, -0.15) is 0 Å². The van der Waals surface area contributed by atoms with Gasteiger partial charge in [0, 0.05) is 29.8 Å². The molecule has 2 rings (SSSR count). The Morgan fingerprint density at radius 2 is 2.00 bits per heavy atom. The Morgan fingerprint density at radius 3 is 2.67 bits per heavy atom. The molecule has 0 amide bonds. The van der Waals surface area contributed by atoms with Crippen LogP contribution in [-0.4, -0.2) is 36.3 Å². The van der Waals surface area contributed by atoms with Crippen molar-refractivity contribution in [1.29, 1.82) is 0 Å². The fourth-order valence-electron chi connectivity index (χ4n) is 2.97.